The summed E-state index contributed by atoms with van der Waals surface area (Å²) in [7, 11) is 0. The number of benzene rings is 2. The predicted octanol–water partition coefficient (Wildman–Crippen LogP) is 6.10. The van der Waals surface area contributed by atoms with Crippen molar-refractivity contribution >= 4 is 34.1 Å². The van der Waals surface area contributed by atoms with Crippen LogP contribution in [0.15, 0.2) is 60.8 Å². The van der Waals surface area contributed by atoms with E-state index >= 15 is 0 Å². The molecule has 4 nitrogen and oxygen atoms in total. The van der Waals surface area contributed by atoms with Gasteiger partial charge in [0.25, 0.3) is 0 Å². The minimum absolute atomic E-state index is 0.0339. The fourth-order valence-corrected chi connectivity index (χ4v) is 4.19. The van der Waals surface area contributed by atoms with E-state index in [0.717, 1.165) is 48.0 Å². The fourth-order valence-electron chi connectivity index (χ4n) is 4.06. The summed E-state index contributed by atoms with van der Waals surface area (Å²) in [4.78, 5) is 17.0. The third-order valence-corrected chi connectivity index (χ3v) is 6.11. The molecule has 2 aromatic carbocycles. The Kier molecular flexibility index (Phi) is 6.00. The number of fused-ring (bicyclic) bond motifs is 1. The number of hydrogen-bond acceptors (Lipinski definition) is 3. The van der Waals surface area contributed by atoms with Gasteiger partial charge >= 0.3 is 0 Å². The third-order valence-electron chi connectivity index (χ3n) is 5.85. The van der Waals surface area contributed by atoms with Crippen molar-refractivity contribution in [2.45, 2.75) is 38.7 Å². The van der Waals surface area contributed by atoms with Crippen LogP contribution in [0.25, 0.3) is 10.9 Å². The summed E-state index contributed by atoms with van der Waals surface area (Å²) >= 11 is 5.91. The third kappa shape index (κ3) is 4.70. The summed E-state index contributed by atoms with van der Waals surface area (Å²) in [6.07, 6.45) is 5.88. The normalized spacial score (nSPS) is 20.2. The van der Waals surface area contributed by atoms with Crippen LogP contribution in [0.5, 0.6) is 5.75 Å². The lowest BCUT2D eigenvalue weighted by atomic mass is 9.79. The molecule has 1 heterocycles. The van der Waals surface area contributed by atoms with Crippen molar-refractivity contribution in [3.8, 4) is 5.75 Å². The number of carbonyl (C=O) groups excluding carboxylic acids is 1. The molecule has 0 bridgehead atoms. The second-order valence-electron chi connectivity index (χ2n) is 7.77. The number of nitrogens with zero attached hydrogens (tertiary/aromatic N) is 1. The van der Waals surface area contributed by atoms with Gasteiger partial charge in [0, 0.05) is 28.2 Å². The lowest BCUT2D eigenvalue weighted by molar-refractivity contribution is -0.121. The standard InChI is InChI=1S/C24H25ClN2O2/c1-16(24(28)27-19-10-8-18(25)9-11-19)17-6-12-20(13-7-17)29-23-14-15-26-22-5-3-2-4-21(22)23/h2-5,8-11,14-17,20H,6-7,12-13H2,1H3,(H,27,28)/t16?,17-,20-. The number of carbonyl (C=O) groups is 1. The first-order chi connectivity index (χ1) is 14.1. The molecule has 4 rings (SSSR count). The summed E-state index contributed by atoms with van der Waals surface area (Å²) in [6, 6.07) is 17.2. The molecule has 150 valence electrons. The number of ether oxygens (including phenoxy) is 1. The van der Waals surface area contributed by atoms with Gasteiger partial charge in [0.05, 0.1) is 11.6 Å². The van der Waals surface area contributed by atoms with E-state index in [-0.39, 0.29) is 17.9 Å². The molecule has 29 heavy (non-hydrogen) atoms. The molecule has 1 fully saturated rings. The van der Waals surface area contributed by atoms with Crippen molar-refractivity contribution in [3.63, 3.8) is 0 Å². The lowest BCUT2D eigenvalue weighted by Crippen LogP contribution is -2.32. The highest BCUT2D eigenvalue weighted by Crippen LogP contribution is 2.34. The SMILES string of the molecule is CC(C(=O)Nc1ccc(Cl)cc1)[C@H]1CC[C@H](Oc2ccnc3ccccc23)CC1. The van der Waals surface area contributed by atoms with Crippen molar-refractivity contribution < 1.29 is 9.53 Å². The number of anilines is 1. The van der Waals surface area contributed by atoms with E-state index in [1.54, 1.807) is 18.3 Å². The minimum Gasteiger partial charge on any atom is -0.490 e. The molecular weight excluding hydrogens is 384 g/mol. The van der Waals surface area contributed by atoms with E-state index in [2.05, 4.69) is 10.3 Å². The van der Waals surface area contributed by atoms with E-state index in [4.69, 9.17) is 16.3 Å². The highest BCUT2D eigenvalue weighted by Gasteiger charge is 2.30. The van der Waals surface area contributed by atoms with Gasteiger partial charge in [-0.25, -0.2) is 0 Å². The van der Waals surface area contributed by atoms with Crippen LogP contribution in [0.2, 0.25) is 5.02 Å². The number of aromatic nitrogens is 1. The quantitative estimate of drug-likeness (QED) is 0.554. The van der Waals surface area contributed by atoms with Crippen molar-refractivity contribution in [1.82, 2.24) is 4.98 Å². The summed E-state index contributed by atoms with van der Waals surface area (Å²) in [5.41, 5.74) is 1.74. The number of amides is 1. The van der Waals surface area contributed by atoms with E-state index < -0.39 is 0 Å². The highest BCUT2D eigenvalue weighted by molar-refractivity contribution is 6.30. The zero-order chi connectivity index (χ0) is 20.2. The molecule has 1 aromatic heterocycles. The molecule has 0 aliphatic heterocycles. The van der Waals surface area contributed by atoms with Gasteiger partial charge in [-0.15, -0.1) is 0 Å². The minimum atomic E-state index is -0.0339. The van der Waals surface area contributed by atoms with E-state index in [1.165, 1.54) is 0 Å². The summed E-state index contributed by atoms with van der Waals surface area (Å²) in [6.45, 7) is 2.02. The molecule has 0 saturated heterocycles. The first-order valence-electron chi connectivity index (χ1n) is 10.2. The van der Waals surface area contributed by atoms with E-state index in [1.807, 2.05) is 49.4 Å². The van der Waals surface area contributed by atoms with Crippen LogP contribution in [0.1, 0.15) is 32.6 Å². The first kappa shape index (κ1) is 19.7. The lowest BCUT2D eigenvalue weighted by Gasteiger charge is -2.32. The molecule has 1 aliphatic rings. The second-order valence-corrected chi connectivity index (χ2v) is 8.20. The largest absolute Gasteiger partial charge is 0.490 e. The average Bonchev–Trinajstić information content (AvgIpc) is 2.75. The number of hydrogen-bond donors (Lipinski definition) is 1. The molecule has 1 unspecified atom stereocenters. The maximum atomic E-state index is 12.6. The molecule has 0 spiro atoms. The molecule has 1 aliphatic carbocycles. The number of nitrogens with one attached hydrogen (secondary N) is 1. The highest BCUT2D eigenvalue weighted by atomic mass is 35.5. The average molecular weight is 409 g/mol. The number of rotatable bonds is 5. The molecule has 0 radical (unpaired) electrons. The zero-order valence-corrected chi connectivity index (χ0v) is 17.2. The Morgan fingerprint density at radius 3 is 2.55 bits per heavy atom. The van der Waals surface area contributed by atoms with Gasteiger partial charge in [0.2, 0.25) is 5.91 Å². The Bertz CT molecular complexity index is 976. The number of para-hydroxylation sites is 1. The van der Waals surface area contributed by atoms with Gasteiger partial charge in [-0.1, -0.05) is 30.7 Å². The van der Waals surface area contributed by atoms with Gasteiger partial charge in [0.1, 0.15) is 5.75 Å². The zero-order valence-electron chi connectivity index (χ0n) is 16.5. The summed E-state index contributed by atoms with van der Waals surface area (Å²) in [5, 5.41) is 4.71. The van der Waals surface area contributed by atoms with Crippen molar-refractivity contribution in [3.05, 3.63) is 65.8 Å². The molecular formula is C24H25ClN2O2. The van der Waals surface area contributed by atoms with Crippen LogP contribution in [-0.2, 0) is 4.79 Å². The van der Waals surface area contributed by atoms with Crippen LogP contribution in [0, 0.1) is 11.8 Å². The van der Waals surface area contributed by atoms with Crippen molar-refractivity contribution in [2.75, 3.05) is 5.32 Å². The van der Waals surface area contributed by atoms with E-state index in [9.17, 15) is 4.79 Å². The Labute approximate surface area is 176 Å². The Morgan fingerprint density at radius 1 is 1.07 bits per heavy atom. The topological polar surface area (TPSA) is 51.2 Å². The number of pyridine rings is 1. The van der Waals surface area contributed by atoms with Crippen LogP contribution >= 0.6 is 11.6 Å². The van der Waals surface area contributed by atoms with Gasteiger partial charge < -0.3 is 10.1 Å². The van der Waals surface area contributed by atoms with Gasteiger partial charge in [-0.05, 0) is 74.1 Å². The summed E-state index contributed by atoms with van der Waals surface area (Å²) < 4.78 is 6.31. The Morgan fingerprint density at radius 2 is 1.79 bits per heavy atom. The maximum absolute atomic E-state index is 12.6. The molecule has 1 amide bonds. The first-order valence-corrected chi connectivity index (χ1v) is 10.5. The molecule has 1 atom stereocenters. The monoisotopic (exact) mass is 408 g/mol. The van der Waals surface area contributed by atoms with Crippen LogP contribution in [-0.4, -0.2) is 17.0 Å². The Balaban J connectivity index is 1.32. The molecule has 3 aromatic rings. The van der Waals surface area contributed by atoms with Gasteiger partial charge in [0.15, 0.2) is 0 Å². The fraction of sp³-hybridized carbons (Fsp3) is 0.333. The predicted molar refractivity (Wildman–Crippen MR) is 117 cm³/mol. The maximum Gasteiger partial charge on any atom is 0.227 e. The van der Waals surface area contributed by atoms with Gasteiger partial charge in [-0.3, -0.25) is 9.78 Å². The molecule has 5 heteroatoms. The van der Waals surface area contributed by atoms with Crippen LogP contribution in [0.3, 0.4) is 0 Å². The second kappa shape index (κ2) is 8.83. The smallest absolute Gasteiger partial charge is 0.227 e. The van der Waals surface area contributed by atoms with Gasteiger partial charge in [-0.2, -0.15) is 0 Å². The molecule has 1 saturated carbocycles. The number of halogens is 1. The van der Waals surface area contributed by atoms with Crippen molar-refractivity contribution in [1.29, 1.82) is 0 Å². The Hall–Kier alpha value is -2.59. The molecule has 1 N–H and O–H groups in total. The van der Waals surface area contributed by atoms with E-state index in [0.29, 0.717) is 10.9 Å². The van der Waals surface area contributed by atoms with Crippen LogP contribution < -0.4 is 10.1 Å². The van der Waals surface area contributed by atoms with Crippen molar-refractivity contribution in [2.24, 2.45) is 11.8 Å². The summed E-state index contributed by atoms with van der Waals surface area (Å²) in [5.74, 6) is 1.30. The van der Waals surface area contributed by atoms with Crippen LogP contribution in [0.4, 0.5) is 5.69 Å².